The monoisotopic (exact) mass is 269 g/mol. The maximum atomic E-state index is 12.0. The SMILES string of the molecule is Cl.NCC1CCCN1C(=O)CCc1ccccn1. The number of hydrogen-bond acceptors (Lipinski definition) is 3. The van der Waals surface area contributed by atoms with Crippen LogP contribution < -0.4 is 5.73 Å². The van der Waals surface area contributed by atoms with Gasteiger partial charge in [0.15, 0.2) is 0 Å². The molecule has 0 radical (unpaired) electrons. The Morgan fingerprint density at radius 3 is 3.00 bits per heavy atom. The zero-order valence-corrected chi connectivity index (χ0v) is 11.2. The van der Waals surface area contributed by atoms with Crippen molar-refractivity contribution < 1.29 is 4.79 Å². The largest absolute Gasteiger partial charge is 0.338 e. The molecule has 2 rings (SSSR count). The molecular formula is C13H20ClN3O. The van der Waals surface area contributed by atoms with E-state index < -0.39 is 0 Å². The molecule has 0 aromatic carbocycles. The summed E-state index contributed by atoms with van der Waals surface area (Å²) in [4.78, 5) is 18.2. The number of carbonyl (C=O) groups is 1. The van der Waals surface area contributed by atoms with Gasteiger partial charge in [0.2, 0.25) is 5.91 Å². The smallest absolute Gasteiger partial charge is 0.223 e. The van der Waals surface area contributed by atoms with Crippen molar-refractivity contribution in [2.24, 2.45) is 5.73 Å². The highest BCUT2D eigenvalue weighted by molar-refractivity contribution is 5.85. The molecule has 1 saturated heterocycles. The molecule has 2 heterocycles. The average Bonchev–Trinajstić information content (AvgIpc) is 2.85. The quantitative estimate of drug-likeness (QED) is 0.899. The lowest BCUT2D eigenvalue weighted by molar-refractivity contribution is -0.131. The third-order valence-corrected chi connectivity index (χ3v) is 3.29. The Morgan fingerprint density at radius 1 is 1.50 bits per heavy atom. The van der Waals surface area contributed by atoms with Crippen molar-refractivity contribution in [3.05, 3.63) is 30.1 Å². The fourth-order valence-corrected chi connectivity index (χ4v) is 2.33. The van der Waals surface area contributed by atoms with E-state index in [-0.39, 0.29) is 24.4 Å². The van der Waals surface area contributed by atoms with Crippen molar-refractivity contribution in [1.29, 1.82) is 0 Å². The number of amides is 1. The summed E-state index contributed by atoms with van der Waals surface area (Å²) in [5.74, 6) is 0.212. The van der Waals surface area contributed by atoms with Crippen molar-refractivity contribution in [2.75, 3.05) is 13.1 Å². The van der Waals surface area contributed by atoms with Gasteiger partial charge in [0.25, 0.3) is 0 Å². The van der Waals surface area contributed by atoms with E-state index in [1.54, 1.807) is 6.20 Å². The Balaban J connectivity index is 0.00000162. The van der Waals surface area contributed by atoms with Gasteiger partial charge in [-0.3, -0.25) is 9.78 Å². The van der Waals surface area contributed by atoms with Gasteiger partial charge in [0.1, 0.15) is 0 Å². The molecule has 5 heteroatoms. The lowest BCUT2D eigenvalue weighted by Gasteiger charge is -2.23. The van der Waals surface area contributed by atoms with E-state index in [2.05, 4.69) is 4.98 Å². The third kappa shape index (κ3) is 3.68. The van der Waals surface area contributed by atoms with E-state index in [9.17, 15) is 4.79 Å². The maximum absolute atomic E-state index is 12.0. The molecule has 1 aliphatic heterocycles. The molecule has 0 bridgehead atoms. The lowest BCUT2D eigenvalue weighted by atomic mass is 10.2. The van der Waals surface area contributed by atoms with Crippen LogP contribution in [0.2, 0.25) is 0 Å². The molecule has 18 heavy (non-hydrogen) atoms. The molecule has 4 nitrogen and oxygen atoms in total. The first-order valence-corrected chi connectivity index (χ1v) is 6.20. The minimum absolute atomic E-state index is 0. The second-order valence-electron chi connectivity index (χ2n) is 4.44. The number of nitrogens with zero attached hydrogens (tertiary/aromatic N) is 2. The molecule has 1 fully saturated rings. The van der Waals surface area contributed by atoms with Crippen LogP contribution in [0.1, 0.15) is 25.0 Å². The van der Waals surface area contributed by atoms with E-state index in [0.29, 0.717) is 19.4 Å². The van der Waals surface area contributed by atoms with Gasteiger partial charge in [-0.25, -0.2) is 0 Å². The van der Waals surface area contributed by atoms with Gasteiger partial charge in [-0.2, -0.15) is 0 Å². The summed E-state index contributed by atoms with van der Waals surface area (Å²) in [6.07, 6.45) is 5.14. The summed E-state index contributed by atoms with van der Waals surface area (Å²) in [5.41, 5.74) is 6.64. The van der Waals surface area contributed by atoms with Crippen LogP contribution in [-0.4, -0.2) is 34.9 Å². The number of nitrogens with two attached hydrogens (primary N) is 1. The third-order valence-electron chi connectivity index (χ3n) is 3.29. The molecule has 1 unspecified atom stereocenters. The Kier molecular flexibility index (Phi) is 6.09. The Bertz CT molecular complexity index is 372. The number of rotatable bonds is 4. The van der Waals surface area contributed by atoms with Gasteiger partial charge in [0, 0.05) is 37.4 Å². The topological polar surface area (TPSA) is 59.2 Å². The Morgan fingerprint density at radius 2 is 2.33 bits per heavy atom. The zero-order chi connectivity index (χ0) is 12.1. The molecule has 0 aliphatic carbocycles. The summed E-state index contributed by atoms with van der Waals surface area (Å²) in [7, 11) is 0. The molecular weight excluding hydrogens is 250 g/mol. The highest BCUT2D eigenvalue weighted by atomic mass is 35.5. The first kappa shape index (κ1) is 14.9. The van der Waals surface area contributed by atoms with Crippen LogP contribution in [0.5, 0.6) is 0 Å². The highest BCUT2D eigenvalue weighted by Crippen LogP contribution is 2.17. The number of halogens is 1. The Hall–Kier alpha value is -1.13. The average molecular weight is 270 g/mol. The highest BCUT2D eigenvalue weighted by Gasteiger charge is 2.26. The van der Waals surface area contributed by atoms with E-state index in [0.717, 1.165) is 25.1 Å². The normalized spacial score (nSPS) is 18.5. The molecule has 1 aliphatic rings. The van der Waals surface area contributed by atoms with Gasteiger partial charge in [-0.15, -0.1) is 12.4 Å². The summed E-state index contributed by atoms with van der Waals surface area (Å²) in [5, 5.41) is 0. The van der Waals surface area contributed by atoms with E-state index in [4.69, 9.17) is 5.73 Å². The van der Waals surface area contributed by atoms with E-state index >= 15 is 0 Å². The van der Waals surface area contributed by atoms with Crippen molar-refractivity contribution in [3.8, 4) is 0 Å². The first-order valence-electron chi connectivity index (χ1n) is 6.20. The number of aromatic nitrogens is 1. The standard InChI is InChI=1S/C13H19N3O.ClH/c14-10-12-5-3-9-16(12)13(17)7-6-11-4-1-2-8-15-11;/h1-2,4,8,12H,3,5-7,9-10,14H2;1H. The number of aryl methyl sites for hydroxylation is 1. The van der Waals surface area contributed by atoms with Gasteiger partial charge >= 0.3 is 0 Å². The number of likely N-dealkylation sites (tertiary alicyclic amines) is 1. The fourth-order valence-electron chi connectivity index (χ4n) is 2.33. The summed E-state index contributed by atoms with van der Waals surface area (Å²) >= 11 is 0. The Labute approximate surface area is 114 Å². The van der Waals surface area contributed by atoms with Gasteiger partial charge in [-0.1, -0.05) is 6.07 Å². The van der Waals surface area contributed by atoms with Crippen LogP contribution in [0.3, 0.4) is 0 Å². The van der Waals surface area contributed by atoms with E-state index in [1.165, 1.54) is 0 Å². The minimum Gasteiger partial charge on any atom is -0.338 e. The van der Waals surface area contributed by atoms with Crippen molar-refractivity contribution >= 4 is 18.3 Å². The predicted octanol–water partition coefficient (Wildman–Crippen LogP) is 1.39. The predicted molar refractivity (Wildman–Crippen MR) is 73.6 cm³/mol. The molecule has 1 atom stereocenters. The lowest BCUT2D eigenvalue weighted by Crippen LogP contribution is -2.40. The van der Waals surface area contributed by atoms with Crippen molar-refractivity contribution in [3.63, 3.8) is 0 Å². The van der Waals surface area contributed by atoms with Crippen LogP contribution in [0.4, 0.5) is 0 Å². The second-order valence-corrected chi connectivity index (χ2v) is 4.44. The second kappa shape index (κ2) is 7.34. The molecule has 0 saturated carbocycles. The van der Waals surface area contributed by atoms with Crippen molar-refractivity contribution in [1.82, 2.24) is 9.88 Å². The fraction of sp³-hybridized carbons (Fsp3) is 0.538. The van der Waals surface area contributed by atoms with Gasteiger partial charge in [0.05, 0.1) is 0 Å². The molecule has 100 valence electrons. The van der Waals surface area contributed by atoms with Crippen molar-refractivity contribution in [2.45, 2.75) is 31.7 Å². The van der Waals surface area contributed by atoms with Crippen LogP contribution in [-0.2, 0) is 11.2 Å². The first-order chi connectivity index (χ1) is 8.31. The summed E-state index contributed by atoms with van der Waals surface area (Å²) in [6.45, 7) is 1.44. The number of pyridine rings is 1. The summed E-state index contributed by atoms with van der Waals surface area (Å²) < 4.78 is 0. The van der Waals surface area contributed by atoms with Gasteiger partial charge < -0.3 is 10.6 Å². The maximum Gasteiger partial charge on any atom is 0.223 e. The van der Waals surface area contributed by atoms with Gasteiger partial charge in [-0.05, 0) is 31.4 Å². The van der Waals surface area contributed by atoms with E-state index in [1.807, 2.05) is 23.1 Å². The number of carbonyl (C=O) groups excluding carboxylic acids is 1. The molecule has 1 aromatic rings. The molecule has 1 amide bonds. The van der Waals surface area contributed by atoms with Crippen LogP contribution in [0.15, 0.2) is 24.4 Å². The minimum atomic E-state index is 0. The zero-order valence-electron chi connectivity index (χ0n) is 10.4. The number of hydrogen-bond donors (Lipinski definition) is 1. The molecule has 2 N–H and O–H groups in total. The molecule has 1 aromatic heterocycles. The molecule has 0 spiro atoms. The van der Waals surface area contributed by atoms with Crippen LogP contribution in [0, 0.1) is 0 Å². The van der Waals surface area contributed by atoms with Crippen LogP contribution in [0.25, 0.3) is 0 Å². The summed E-state index contributed by atoms with van der Waals surface area (Å²) in [6, 6.07) is 6.05. The van der Waals surface area contributed by atoms with Crippen LogP contribution >= 0.6 is 12.4 Å².